The monoisotopic (exact) mass is 389 g/mol. The minimum absolute atomic E-state index is 0.0452. The third-order valence-electron chi connectivity index (χ3n) is 2.74. The summed E-state index contributed by atoms with van der Waals surface area (Å²) in [7, 11) is -3.63. The first-order valence-corrected chi connectivity index (χ1v) is 9.43. The lowest BCUT2D eigenvalue weighted by molar-refractivity contribution is 0.475. The van der Waals surface area contributed by atoms with Crippen LogP contribution < -0.4 is 4.31 Å². The summed E-state index contributed by atoms with van der Waals surface area (Å²) in [4.78, 5) is 0. The second-order valence-electron chi connectivity index (χ2n) is 5.01. The molecule has 0 saturated carbocycles. The largest absolute Gasteiger partial charge is 0.508 e. The molecule has 0 spiro atoms. The summed E-state index contributed by atoms with van der Waals surface area (Å²) in [6.45, 7) is 4.26. The molecule has 2 rings (SSSR count). The fourth-order valence-corrected chi connectivity index (χ4v) is 5.61. The number of sulfonamides is 1. The summed E-state index contributed by atoms with van der Waals surface area (Å²) in [5.74, 6) is 0.203. The van der Waals surface area contributed by atoms with Gasteiger partial charge in [-0.25, -0.2) is 8.42 Å². The van der Waals surface area contributed by atoms with Crippen LogP contribution in [0.15, 0.2) is 44.4 Å². The second-order valence-corrected chi connectivity index (χ2v) is 9.56. The molecular weight excluding hydrogens is 374 g/mol. The number of hydrogen-bond acceptors (Lipinski definition) is 4. The maximum Gasteiger partial charge on any atom is 0.273 e. The van der Waals surface area contributed by atoms with Crippen molar-refractivity contribution in [2.24, 2.45) is 5.92 Å². The summed E-state index contributed by atoms with van der Waals surface area (Å²) in [6.07, 6.45) is 0. The molecule has 0 radical (unpaired) electrons. The summed E-state index contributed by atoms with van der Waals surface area (Å²) in [6, 6.07) is 9.60. The van der Waals surface area contributed by atoms with E-state index in [9.17, 15) is 13.5 Å². The van der Waals surface area contributed by atoms with E-state index in [0.717, 1.165) is 3.79 Å². The lowest BCUT2D eigenvalue weighted by Gasteiger charge is -2.25. The first kappa shape index (κ1) is 16.3. The van der Waals surface area contributed by atoms with Crippen LogP contribution in [-0.4, -0.2) is 20.1 Å². The number of nitrogens with zero attached hydrogens (tertiary/aromatic N) is 1. The summed E-state index contributed by atoms with van der Waals surface area (Å²) in [5.41, 5.74) is 0.466. The van der Waals surface area contributed by atoms with E-state index < -0.39 is 10.0 Å². The van der Waals surface area contributed by atoms with E-state index in [-0.39, 0.29) is 15.9 Å². The van der Waals surface area contributed by atoms with Crippen molar-refractivity contribution in [1.82, 2.24) is 0 Å². The molecule has 1 heterocycles. The van der Waals surface area contributed by atoms with Crippen molar-refractivity contribution in [2.45, 2.75) is 18.1 Å². The van der Waals surface area contributed by atoms with Crippen LogP contribution >= 0.6 is 27.3 Å². The van der Waals surface area contributed by atoms with Crippen molar-refractivity contribution in [1.29, 1.82) is 0 Å². The highest BCUT2D eigenvalue weighted by molar-refractivity contribution is 9.11. The maximum atomic E-state index is 12.8. The zero-order valence-corrected chi connectivity index (χ0v) is 14.9. The second kappa shape index (κ2) is 6.37. The van der Waals surface area contributed by atoms with E-state index in [1.165, 1.54) is 27.8 Å². The maximum absolute atomic E-state index is 12.8. The molecule has 0 unspecified atom stereocenters. The molecule has 2 aromatic rings. The molecule has 21 heavy (non-hydrogen) atoms. The molecule has 114 valence electrons. The predicted octanol–water partition coefficient (Wildman–Crippen LogP) is 4.07. The highest BCUT2D eigenvalue weighted by atomic mass is 79.9. The van der Waals surface area contributed by atoms with Crippen LogP contribution in [-0.2, 0) is 10.0 Å². The van der Waals surface area contributed by atoms with Gasteiger partial charge < -0.3 is 5.11 Å². The van der Waals surface area contributed by atoms with Crippen molar-refractivity contribution in [3.63, 3.8) is 0 Å². The minimum atomic E-state index is -3.63. The van der Waals surface area contributed by atoms with E-state index >= 15 is 0 Å². The number of halogens is 1. The predicted molar refractivity (Wildman–Crippen MR) is 89.5 cm³/mol. The fraction of sp³-hybridized carbons (Fsp3) is 0.286. The van der Waals surface area contributed by atoms with Crippen molar-refractivity contribution in [3.05, 3.63) is 40.2 Å². The number of thiophene rings is 1. The first-order chi connectivity index (χ1) is 9.80. The van der Waals surface area contributed by atoms with E-state index in [2.05, 4.69) is 15.9 Å². The van der Waals surface area contributed by atoms with Crippen LogP contribution in [0.2, 0.25) is 0 Å². The highest BCUT2D eigenvalue weighted by Crippen LogP contribution is 2.32. The van der Waals surface area contributed by atoms with E-state index in [1.54, 1.807) is 24.3 Å². The number of phenolic OH excluding ortho intramolecular Hbond substituents is 1. The Kier molecular flexibility index (Phi) is 4.95. The highest BCUT2D eigenvalue weighted by Gasteiger charge is 2.27. The van der Waals surface area contributed by atoms with Crippen LogP contribution in [0.3, 0.4) is 0 Å². The van der Waals surface area contributed by atoms with Gasteiger partial charge in [0.05, 0.1) is 9.47 Å². The van der Waals surface area contributed by atoms with Gasteiger partial charge in [-0.2, -0.15) is 0 Å². The molecule has 1 N–H and O–H groups in total. The van der Waals surface area contributed by atoms with Gasteiger partial charge in [-0.1, -0.05) is 19.9 Å². The van der Waals surface area contributed by atoms with Crippen LogP contribution in [0.4, 0.5) is 5.69 Å². The number of phenols is 1. The SMILES string of the molecule is CC(C)CN(c1cccc(O)c1)S(=O)(=O)c1ccc(Br)s1. The third kappa shape index (κ3) is 3.78. The van der Waals surface area contributed by atoms with Crippen molar-refractivity contribution in [3.8, 4) is 5.75 Å². The molecule has 0 atom stereocenters. The van der Waals surface area contributed by atoms with E-state index in [0.29, 0.717) is 12.2 Å². The van der Waals surface area contributed by atoms with Gasteiger partial charge in [-0.15, -0.1) is 11.3 Å². The van der Waals surface area contributed by atoms with Gasteiger partial charge in [0.15, 0.2) is 0 Å². The van der Waals surface area contributed by atoms with Crippen LogP contribution in [0.1, 0.15) is 13.8 Å². The Morgan fingerprint density at radius 3 is 2.52 bits per heavy atom. The summed E-state index contributed by atoms with van der Waals surface area (Å²) >= 11 is 4.46. The molecule has 4 nitrogen and oxygen atoms in total. The van der Waals surface area contributed by atoms with Gasteiger partial charge >= 0.3 is 0 Å². The van der Waals surface area contributed by atoms with E-state index in [1.807, 2.05) is 13.8 Å². The zero-order valence-electron chi connectivity index (χ0n) is 11.7. The summed E-state index contributed by atoms with van der Waals surface area (Å²) < 4.78 is 28.0. The molecule has 0 aliphatic carbocycles. The number of benzene rings is 1. The standard InChI is InChI=1S/C14H16BrNO3S2/c1-10(2)9-16(11-4-3-5-12(17)8-11)21(18,19)14-7-6-13(15)20-14/h3-8,10,17H,9H2,1-2H3. The Labute approximate surface area is 137 Å². The van der Waals surface area contributed by atoms with E-state index in [4.69, 9.17) is 0 Å². The van der Waals surface area contributed by atoms with Crippen LogP contribution in [0, 0.1) is 5.92 Å². The molecule has 7 heteroatoms. The molecule has 0 amide bonds. The van der Waals surface area contributed by atoms with Crippen molar-refractivity contribution in [2.75, 3.05) is 10.8 Å². The van der Waals surface area contributed by atoms with Crippen LogP contribution in [0.25, 0.3) is 0 Å². The van der Waals surface area contributed by atoms with Gasteiger partial charge in [0.2, 0.25) is 0 Å². The lowest BCUT2D eigenvalue weighted by atomic mass is 10.2. The van der Waals surface area contributed by atoms with Gasteiger partial charge in [0.25, 0.3) is 10.0 Å². The number of anilines is 1. The molecule has 0 saturated heterocycles. The third-order valence-corrected chi connectivity index (χ3v) is 6.63. The van der Waals surface area contributed by atoms with Crippen LogP contribution in [0.5, 0.6) is 5.75 Å². The fourth-order valence-electron chi connectivity index (χ4n) is 1.87. The molecule has 0 bridgehead atoms. The molecule has 0 aliphatic heterocycles. The number of hydrogen-bond donors (Lipinski definition) is 1. The Balaban J connectivity index is 2.50. The molecular formula is C14H16BrNO3S2. The quantitative estimate of drug-likeness (QED) is 0.838. The minimum Gasteiger partial charge on any atom is -0.508 e. The summed E-state index contributed by atoms with van der Waals surface area (Å²) in [5, 5.41) is 9.61. The van der Waals surface area contributed by atoms with Gasteiger partial charge in [0.1, 0.15) is 9.96 Å². The van der Waals surface area contributed by atoms with Crippen molar-refractivity contribution >= 4 is 43.0 Å². The molecule has 0 fully saturated rings. The normalized spacial score (nSPS) is 11.8. The smallest absolute Gasteiger partial charge is 0.273 e. The van der Waals surface area contributed by atoms with Gasteiger partial charge in [-0.3, -0.25) is 4.31 Å². The Morgan fingerprint density at radius 2 is 2.00 bits per heavy atom. The average molecular weight is 390 g/mol. The molecule has 1 aromatic heterocycles. The Bertz CT molecular complexity index is 725. The topological polar surface area (TPSA) is 57.6 Å². The average Bonchev–Trinajstić information content (AvgIpc) is 2.83. The zero-order chi connectivity index (χ0) is 15.6. The Hall–Kier alpha value is -1.05. The molecule has 0 aliphatic rings. The van der Waals surface area contributed by atoms with Gasteiger partial charge in [-0.05, 0) is 46.1 Å². The molecule has 1 aromatic carbocycles. The van der Waals surface area contributed by atoms with Gasteiger partial charge in [0, 0.05) is 12.6 Å². The first-order valence-electron chi connectivity index (χ1n) is 6.38. The number of rotatable bonds is 5. The van der Waals surface area contributed by atoms with Crippen molar-refractivity contribution < 1.29 is 13.5 Å². The number of aromatic hydroxyl groups is 1. The lowest BCUT2D eigenvalue weighted by Crippen LogP contribution is -2.33. The Morgan fingerprint density at radius 1 is 1.29 bits per heavy atom.